The maximum Gasteiger partial charge on any atom is 0.200 e. The summed E-state index contributed by atoms with van der Waals surface area (Å²) in [5.74, 6) is 0.779. The van der Waals surface area contributed by atoms with Gasteiger partial charge >= 0.3 is 0 Å². The molecule has 0 bridgehead atoms. The third kappa shape index (κ3) is 3.44. The molecule has 2 rings (SSSR count). The Kier molecular flexibility index (Phi) is 4.00. The van der Waals surface area contributed by atoms with E-state index < -0.39 is 0 Å². The highest BCUT2D eigenvalue weighted by atomic mass is 16.5. The van der Waals surface area contributed by atoms with Crippen molar-refractivity contribution in [3.63, 3.8) is 0 Å². The molecule has 0 spiro atoms. The van der Waals surface area contributed by atoms with Crippen molar-refractivity contribution in [2.24, 2.45) is 0 Å². The molecule has 0 unspecified atom stereocenters. The quantitative estimate of drug-likeness (QED) is 0.774. The predicted octanol–water partition coefficient (Wildman–Crippen LogP) is 3.87. The number of Topliss-reactive ketones (excluding diaryl/α,β-unsaturated/α-hetero) is 1. The third-order valence-corrected chi connectivity index (χ3v) is 3.08. The monoisotopic (exact) mass is 254 g/mol. The molecule has 0 atom stereocenters. The topological polar surface area (TPSA) is 26.3 Å². The Morgan fingerprint density at radius 3 is 2.26 bits per heavy atom. The zero-order valence-electron chi connectivity index (χ0n) is 11.6. The van der Waals surface area contributed by atoms with Crippen molar-refractivity contribution in [2.45, 2.75) is 20.8 Å². The number of hydrogen-bond donors (Lipinski definition) is 0. The van der Waals surface area contributed by atoms with E-state index in [4.69, 9.17) is 4.74 Å². The van der Waals surface area contributed by atoms with Crippen LogP contribution < -0.4 is 4.74 Å². The first-order chi connectivity index (χ1) is 9.06. The molecule has 0 heterocycles. The highest BCUT2D eigenvalue weighted by Gasteiger charge is 2.07. The van der Waals surface area contributed by atoms with Crippen molar-refractivity contribution in [3.05, 3.63) is 64.7 Å². The van der Waals surface area contributed by atoms with E-state index in [-0.39, 0.29) is 12.4 Å². The van der Waals surface area contributed by atoms with Crippen molar-refractivity contribution >= 4 is 5.78 Å². The molecule has 2 heteroatoms. The molecule has 2 nitrogen and oxygen atoms in total. The van der Waals surface area contributed by atoms with Gasteiger partial charge in [0.05, 0.1) is 0 Å². The summed E-state index contributed by atoms with van der Waals surface area (Å²) >= 11 is 0. The van der Waals surface area contributed by atoms with Crippen LogP contribution in [-0.4, -0.2) is 12.4 Å². The summed E-state index contributed by atoms with van der Waals surface area (Å²) in [7, 11) is 0. The number of ether oxygens (including phenoxy) is 1. The summed E-state index contributed by atoms with van der Waals surface area (Å²) in [5, 5.41) is 0. The Balaban J connectivity index is 2.04. The first-order valence-corrected chi connectivity index (χ1v) is 6.36. The summed E-state index contributed by atoms with van der Waals surface area (Å²) in [4.78, 5) is 12.0. The average molecular weight is 254 g/mol. The Morgan fingerprint density at radius 1 is 0.947 bits per heavy atom. The number of benzene rings is 2. The second kappa shape index (κ2) is 5.70. The van der Waals surface area contributed by atoms with E-state index in [1.807, 2.05) is 63.2 Å². The van der Waals surface area contributed by atoms with E-state index in [1.165, 1.54) is 0 Å². The lowest BCUT2D eigenvalue weighted by molar-refractivity contribution is 0.0921. The molecular formula is C17H18O2. The molecule has 0 aromatic heterocycles. The first kappa shape index (κ1) is 13.3. The molecule has 2 aromatic carbocycles. The molecular weight excluding hydrogens is 236 g/mol. The van der Waals surface area contributed by atoms with Crippen LogP contribution in [0.5, 0.6) is 5.75 Å². The van der Waals surface area contributed by atoms with Gasteiger partial charge in [-0.1, -0.05) is 42.0 Å². The van der Waals surface area contributed by atoms with Crippen molar-refractivity contribution < 1.29 is 9.53 Å². The predicted molar refractivity (Wildman–Crippen MR) is 76.9 cm³/mol. The maximum atomic E-state index is 12.0. The van der Waals surface area contributed by atoms with E-state index in [2.05, 4.69) is 0 Å². The molecule has 0 aliphatic carbocycles. The molecule has 0 saturated heterocycles. The van der Waals surface area contributed by atoms with Gasteiger partial charge in [-0.3, -0.25) is 4.79 Å². The van der Waals surface area contributed by atoms with Crippen LogP contribution in [0.1, 0.15) is 27.0 Å². The second-order valence-electron chi connectivity index (χ2n) is 4.85. The highest BCUT2D eigenvalue weighted by Crippen LogP contribution is 2.19. The molecule has 0 N–H and O–H groups in total. The van der Waals surface area contributed by atoms with Gasteiger partial charge in [-0.2, -0.15) is 0 Å². The Hall–Kier alpha value is -2.09. The average Bonchev–Trinajstić information content (AvgIpc) is 2.40. The second-order valence-corrected chi connectivity index (χ2v) is 4.85. The minimum absolute atomic E-state index is 0.000839. The zero-order chi connectivity index (χ0) is 13.8. The van der Waals surface area contributed by atoms with Crippen molar-refractivity contribution in [2.75, 3.05) is 6.61 Å². The van der Waals surface area contributed by atoms with E-state index in [1.54, 1.807) is 0 Å². The molecule has 19 heavy (non-hydrogen) atoms. The van der Waals surface area contributed by atoms with Gasteiger partial charge in [-0.15, -0.1) is 0 Å². The molecule has 0 fully saturated rings. The van der Waals surface area contributed by atoms with Crippen LogP contribution in [0.2, 0.25) is 0 Å². The van der Waals surface area contributed by atoms with Gasteiger partial charge in [-0.05, 0) is 38.0 Å². The van der Waals surface area contributed by atoms with E-state index in [9.17, 15) is 4.79 Å². The smallest absolute Gasteiger partial charge is 0.200 e. The highest BCUT2D eigenvalue weighted by molar-refractivity contribution is 5.97. The van der Waals surface area contributed by atoms with Gasteiger partial charge in [0.1, 0.15) is 5.75 Å². The first-order valence-electron chi connectivity index (χ1n) is 6.36. The van der Waals surface area contributed by atoms with Gasteiger partial charge in [0.25, 0.3) is 0 Å². The molecule has 98 valence electrons. The van der Waals surface area contributed by atoms with Gasteiger partial charge in [0, 0.05) is 5.56 Å². The van der Waals surface area contributed by atoms with Crippen LogP contribution in [0.25, 0.3) is 0 Å². The molecule has 0 aliphatic rings. The zero-order valence-corrected chi connectivity index (χ0v) is 11.6. The van der Waals surface area contributed by atoms with Crippen LogP contribution >= 0.6 is 0 Å². The summed E-state index contributed by atoms with van der Waals surface area (Å²) in [6, 6.07) is 13.5. The third-order valence-electron chi connectivity index (χ3n) is 3.08. The lowest BCUT2D eigenvalue weighted by atomic mass is 10.1. The van der Waals surface area contributed by atoms with Crippen molar-refractivity contribution in [3.8, 4) is 5.75 Å². The molecule has 0 radical (unpaired) electrons. The summed E-state index contributed by atoms with van der Waals surface area (Å²) in [6.07, 6.45) is 0. The van der Waals surface area contributed by atoms with Gasteiger partial charge in [0.2, 0.25) is 0 Å². The number of hydrogen-bond acceptors (Lipinski definition) is 2. The maximum absolute atomic E-state index is 12.0. The number of rotatable bonds is 4. The summed E-state index contributed by atoms with van der Waals surface area (Å²) in [6.45, 7) is 6.06. The van der Waals surface area contributed by atoms with Crippen LogP contribution in [0.3, 0.4) is 0 Å². The van der Waals surface area contributed by atoms with Crippen LogP contribution in [0, 0.1) is 20.8 Å². The minimum Gasteiger partial charge on any atom is -0.485 e. The lowest BCUT2D eigenvalue weighted by Crippen LogP contribution is -2.12. The Morgan fingerprint density at radius 2 is 1.58 bits per heavy atom. The van der Waals surface area contributed by atoms with E-state index >= 15 is 0 Å². The Bertz CT molecular complexity index is 583. The van der Waals surface area contributed by atoms with Gasteiger partial charge in [0.15, 0.2) is 12.4 Å². The lowest BCUT2D eigenvalue weighted by Gasteiger charge is -2.09. The molecule has 0 amide bonds. The normalized spacial score (nSPS) is 10.3. The van der Waals surface area contributed by atoms with Crippen LogP contribution in [0.15, 0.2) is 42.5 Å². The van der Waals surface area contributed by atoms with Crippen LogP contribution in [0.4, 0.5) is 0 Å². The van der Waals surface area contributed by atoms with Crippen molar-refractivity contribution in [1.82, 2.24) is 0 Å². The van der Waals surface area contributed by atoms with Gasteiger partial charge in [-0.25, -0.2) is 0 Å². The van der Waals surface area contributed by atoms with Crippen molar-refractivity contribution in [1.29, 1.82) is 0 Å². The Labute approximate surface area is 114 Å². The van der Waals surface area contributed by atoms with Crippen LogP contribution in [-0.2, 0) is 0 Å². The fraction of sp³-hybridized carbons (Fsp3) is 0.235. The number of ketones is 1. The summed E-state index contributed by atoms with van der Waals surface area (Å²) in [5.41, 5.74) is 4.01. The molecule has 0 saturated carbocycles. The fourth-order valence-electron chi connectivity index (χ4n) is 1.83. The largest absolute Gasteiger partial charge is 0.485 e. The number of carbonyl (C=O) groups excluding carboxylic acids is 1. The van der Waals surface area contributed by atoms with E-state index in [0.29, 0.717) is 5.56 Å². The minimum atomic E-state index is 0.000839. The standard InChI is InChI=1S/C17H18O2/c1-12-5-8-15(9-6-12)16(18)11-19-17-10-13(2)4-7-14(17)3/h4-10H,11H2,1-3H3. The van der Waals surface area contributed by atoms with E-state index in [0.717, 1.165) is 22.4 Å². The molecule has 0 aliphatic heterocycles. The summed E-state index contributed by atoms with van der Waals surface area (Å²) < 4.78 is 5.61. The molecule has 2 aromatic rings. The number of aryl methyl sites for hydroxylation is 3. The fourth-order valence-corrected chi connectivity index (χ4v) is 1.83. The number of carbonyl (C=O) groups is 1. The van der Waals surface area contributed by atoms with Gasteiger partial charge < -0.3 is 4.74 Å². The SMILES string of the molecule is Cc1ccc(C(=O)COc2cc(C)ccc2C)cc1.